The van der Waals surface area contributed by atoms with Crippen molar-refractivity contribution >= 4 is 17.6 Å². The van der Waals surface area contributed by atoms with E-state index in [1.54, 1.807) is 26.0 Å². The number of carbonyl (C=O) groups excluding carboxylic acids is 2. The van der Waals surface area contributed by atoms with Gasteiger partial charge in [0, 0.05) is 5.56 Å². The van der Waals surface area contributed by atoms with Crippen LogP contribution in [0.25, 0.3) is 0 Å². The highest BCUT2D eigenvalue weighted by molar-refractivity contribution is 6.01. The van der Waals surface area contributed by atoms with E-state index in [1.165, 1.54) is 30.3 Å². The largest absolute Gasteiger partial charge is 0.508 e. The highest BCUT2D eigenvalue weighted by Crippen LogP contribution is 2.22. The number of esters is 1. The van der Waals surface area contributed by atoms with Crippen LogP contribution >= 0.6 is 0 Å². The second-order valence-corrected chi connectivity index (χ2v) is 5.47. The fraction of sp³-hybridized carbons (Fsp3) is 0.211. The fourth-order valence-electron chi connectivity index (χ4n) is 2.10. The number of hydrogen-bond donors (Lipinski definition) is 3. The van der Waals surface area contributed by atoms with E-state index < -0.39 is 11.9 Å². The lowest BCUT2D eigenvalue weighted by Crippen LogP contribution is -2.25. The van der Waals surface area contributed by atoms with Crippen molar-refractivity contribution in [3.05, 3.63) is 53.6 Å². The van der Waals surface area contributed by atoms with Gasteiger partial charge in [0.15, 0.2) is 6.61 Å². The lowest BCUT2D eigenvalue weighted by molar-refractivity contribution is -0.123. The van der Waals surface area contributed by atoms with Crippen LogP contribution in [0, 0.1) is 0 Å². The van der Waals surface area contributed by atoms with Gasteiger partial charge in [0.25, 0.3) is 5.91 Å². The molecule has 0 bridgehead atoms. The van der Waals surface area contributed by atoms with Crippen LogP contribution in [-0.2, 0) is 9.53 Å². The summed E-state index contributed by atoms with van der Waals surface area (Å²) >= 11 is 0. The molecule has 2 rings (SSSR count). The number of ether oxygens (including phenoxy) is 2. The van der Waals surface area contributed by atoms with Gasteiger partial charge < -0.3 is 19.7 Å². The summed E-state index contributed by atoms with van der Waals surface area (Å²) in [6, 6.07) is 10.2. The number of amides is 1. The quantitative estimate of drug-likeness (QED) is 0.297. The summed E-state index contributed by atoms with van der Waals surface area (Å²) in [5.74, 6) is -0.630. The first kappa shape index (κ1) is 19.8. The van der Waals surface area contributed by atoms with Crippen LogP contribution in [0.1, 0.15) is 29.8 Å². The zero-order valence-corrected chi connectivity index (χ0v) is 14.9. The first-order valence-electron chi connectivity index (χ1n) is 8.16. The van der Waals surface area contributed by atoms with Crippen molar-refractivity contribution in [3.8, 4) is 17.2 Å². The molecule has 8 heteroatoms. The number of hydrogen-bond acceptors (Lipinski definition) is 7. The lowest BCUT2D eigenvalue weighted by atomic mass is 10.1. The number of phenols is 2. The van der Waals surface area contributed by atoms with Gasteiger partial charge in [0.05, 0.1) is 17.9 Å². The van der Waals surface area contributed by atoms with E-state index in [2.05, 4.69) is 10.5 Å². The van der Waals surface area contributed by atoms with Crippen molar-refractivity contribution in [2.75, 3.05) is 13.2 Å². The molecule has 2 aromatic carbocycles. The lowest BCUT2D eigenvalue weighted by Gasteiger charge is -2.08. The molecule has 0 saturated heterocycles. The van der Waals surface area contributed by atoms with Crippen molar-refractivity contribution in [3.63, 3.8) is 0 Å². The Morgan fingerprint density at radius 1 is 1.11 bits per heavy atom. The molecule has 0 saturated carbocycles. The molecule has 0 unspecified atom stereocenters. The predicted molar refractivity (Wildman–Crippen MR) is 98.0 cm³/mol. The number of hydrazone groups is 1. The maximum atomic E-state index is 11.8. The molecule has 0 spiro atoms. The van der Waals surface area contributed by atoms with Crippen molar-refractivity contribution in [2.45, 2.75) is 13.8 Å². The minimum Gasteiger partial charge on any atom is -0.508 e. The molecule has 0 fully saturated rings. The first-order chi connectivity index (χ1) is 12.9. The Morgan fingerprint density at radius 3 is 2.48 bits per heavy atom. The minimum absolute atomic E-state index is 0.0294. The smallest absolute Gasteiger partial charge is 0.338 e. The summed E-state index contributed by atoms with van der Waals surface area (Å²) in [5, 5.41) is 23.1. The fourth-order valence-corrected chi connectivity index (χ4v) is 2.10. The third kappa shape index (κ3) is 5.74. The van der Waals surface area contributed by atoms with Crippen molar-refractivity contribution in [1.82, 2.24) is 5.43 Å². The van der Waals surface area contributed by atoms with Gasteiger partial charge in [-0.15, -0.1) is 0 Å². The highest BCUT2D eigenvalue weighted by atomic mass is 16.5. The van der Waals surface area contributed by atoms with Gasteiger partial charge in [-0.05, 0) is 56.3 Å². The van der Waals surface area contributed by atoms with Gasteiger partial charge in [0.2, 0.25) is 0 Å². The van der Waals surface area contributed by atoms with Gasteiger partial charge in [-0.3, -0.25) is 4.79 Å². The monoisotopic (exact) mass is 372 g/mol. The number of phenolic OH excluding ortho intramolecular Hbond substituents is 2. The molecule has 27 heavy (non-hydrogen) atoms. The van der Waals surface area contributed by atoms with E-state index in [0.717, 1.165) is 0 Å². The average Bonchev–Trinajstić information content (AvgIpc) is 2.67. The van der Waals surface area contributed by atoms with Crippen LogP contribution in [0.2, 0.25) is 0 Å². The normalized spacial score (nSPS) is 11.0. The number of rotatable bonds is 7. The molecule has 1 amide bonds. The Bertz CT molecular complexity index is 846. The average molecular weight is 372 g/mol. The summed E-state index contributed by atoms with van der Waals surface area (Å²) in [7, 11) is 0. The summed E-state index contributed by atoms with van der Waals surface area (Å²) in [4.78, 5) is 23.4. The maximum Gasteiger partial charge on any atom is 0.338 e. The summed E-state index contributed by atoms with van der Waals surface area (Å²) in [6.07, 6.45) is 0. The van der Waals surface area contributed by atoms with Crippen LogP contribution < -0.4 is 10.2 Å². The molecular weight excluding hydrogens is 352 g/mol. The van der Waals surface area contributed by atoms with Crippen LogP contribution in [-0.4, -0.2) is 41.0 Å². The van der Waals surface area contributed by atoms with E-state index >= 15 is 0 Å². The Kier molecular flexibility index (Phi) is 6.76. The Morgan fingerprint density at radius 2 is 1.81 bits per heavy atom. The van der Waals surface area contributed by atoms with Crippen molar-refractivity contribution in [1.29, 1.82) is 0 Å². The third-order valence-electron chi connectivity index (χ3n) is 3.45. The van der Waals surface area contributed by atoms with E-state index in [1.807, 2.05) is 0 Å². The zero-order valence-electron chi connectivity index (χ0n) is 14.9. The Balaban J connectivity index is 1.89. The third-order valence-corrected chi connectivity index (χ3v) is 3.45. The SMILES string of the molecule is CCOC(=O)c1ccc(OCC(=O)N/N=C(/C)c2cc(O)ccc2O)cc1. The van der Waals surface area contributed by atoms with E-state index in [-0.39, 0.29) is 24.7 Å². The zero-order chi connectivity index (χ0) is 19.8. The summed E-state index contributed by atoms with van der Waals surface area (Å²) < 4.78 is 10.2. The molecule has 2 aromatic rings. The van der Waals surface area contributed by atoms with Gasteiger partial charge in [-0.1, -0.05) is 0 Å². The molecule has 142 valence electrons. The van der Waals surface area contributed by atoms with E-state index in [0.29, 0.717) is 22.6 Å². The second-order valence-electron chi connectivity index (χ2n) is 5.47. The number of nitrogens with one attached hydrogen (secondary N) is 1. The molecule has 0 aliphatic rings. The van der Waals surface area contributed by atoms with Crippen LogP contribution in [0.15, 0.2) is 47.6 Å². The highest BCUT2D eigenvalue weighted by Gasteiger charge is 2.09. The molecule has 3 N–H and O–H groups in total. The first-order valence-corrected chi connectivity index (χ1v) is 8.16. The van der Waals surface area contributed by atoms with Gasteiger partial charge in [-0.2, -0.15) is 5.10 Å². The minimum atomic E-state index is -0.511. The molecule has 0 aliphatic heterocycles. The number of nitrogens with zero attached hydrogens (tertiary/aromatic N) is 1. The Labute approximate surface area is 156 Å². The van der Waals surface area contributed by atoms with E-state index in [4.69, 9.17) is 9.47 Å². The topological polar surface area (TPSA) is 117 Å². The van der Waals surface area contributed by atoms with Crippen molar-refractivity contribution < 1.29 is 29.3 Å². The molecule has 0 heterocycles. The summed E-state index contributed by atoms with van der Waals surface area (Å²) in [6.45, 7) is 3.29. The molecular formula is C19H20N2O6. The number of benzene rings is 2. The van der Waals surface area contributed by atoms with E-state index in [9.17, 15) is 19.8 Å². The second kappa shape index (κ2) is 9.23. The molecule has 0 aliphatic carbocycles. The van der Waals surface area contributed by atoms with Gasteiger partial charge in [0.1, 0.15) is 17.2 Å². The standard InChI is InChI=1S/C19H20N2O6/c1-3-26-19(25)13-4-7-15(8-5-13)27-11-18(24)21-20-12(2)16-10-14(22)6-9-17(16)23/h4-10,22-23H,3,11H2,1-2H3,(H,21,24)/b20-12-. The molecule has 0 radical (unpaired) electrons. The van der Waals surface area contributed by atoms with Crippen LogP contribution in [0.4, 0.5) is 0 Å². The predicted octanol–water partition coefficient (Wildman–Crippen LogP) is 2.19. The van der Waals surface area contributed by atoms with Crippen LogP contribution in [0.5, 0.6) is 17.2 Å². The molecule has 8 nitrogen and oxygen atoms in total. The molecule has 0 aromatic heterocycles. The Hall–Kier alpha value is -3.55. The van der Waals surface area contributed by atoms with Crippen molar-refractivity contribution in [2.24, 2.45) is 5.10 Å². The number of aromatic hydroxyl groups is 2. The van der Waals surface area contributed by atoms with Crippen LogP contribution in [0.3, 0.4) is 0 Å². The van der Waals surface area contributed by atoms with Gasteiger partial charge >= 0.3 is 5.97 Å². The maximum absolute atomic E-state index is 11.8. The van der Waals surface area contributed by atoms with Gasteiger partial charge in [-0.25, -0.2) is 10.2 Å². The summed E-state index contributed by atoms with van der Waals surface area (Å²) in [5.41, 5.74) is 3.30. The molecule has 0 atom stereocenters. The number of carbonyl (C=O) groups is 2.